The maximum Gasteiger partial charge on any atom is 0.253 e. The van der Waals surface area contributed by atoms with Crippen LogP contribution < -0.4 is 5.32 Å². The summed E-state index contributed by atoms with van der Waals surface area (Å²) < 4.78 is 0.899. The van der Waals surface area contributed by atoms with Crippen molar-refractivity contribution in [3.05, 3.63) is 57.3 Å². The number of halogens is 2. The maximum absolute atomic E-state index is 11.9. The highest BCUT2D eigenvalue weighted by molar-refractivity contribution is 9.10. The van der Waals surface area contributed by atoms with Crippen LogP contribution in [0.4, 0.5) is 0 Å². The summed E-state index contributed by atoms with van der Waals surface area (Å²) in [7, 11) is 0. The van der Waals surface area contributed by atoms with E-state index in [1.807, 2.05) is 30.3 Å². The van der Waals surface area contributed by atoms with Gasteiger partial charge in [0, 0.05) is 34.9 Å². The highest BCUT2D eigenvalue weighted by Gasteiger charge is 2.20. The van der Waals surface area contributed by atoms with Gasteiger partial charge >= 0.3 is 0 Å². The van der Waals surface area contributed by atoms with E-state index in [1.165, 1.54) is 0 Å². The molecule has 1 aliphatic rings. The normalized spacial score (nSPS) is 13.5. The van der Waals surface area contributed by atoms with Crippen molar-refractivity contribution in [3.8, 4) is 22.8 Å². The van der Waals surface area contributed by atoms with E-state index in [-0.39, 0.29) is 5.91 Å². The van der Waals surface area contributed by atoms with Crippen LogP contribution in [0.1, 0.15) is 16.1 Å². The van der Waals surface area contributed by atoms with Crippen LogP contribution in [-0.2, 0) is 6.42 Å². The first-order valence-corrected chi connectivity index (χ1v) is 8.58. The molecule has 24 heavy (non-hydrogen) atoms. The summed E-state index contributed by atoms with van der Waals surface area (Å²) in [6, 6.07) is 9.23. The SMILES string of the molecule is O=C1NCCc2[nH]c(-c3ccnc(-c4ccc(Br)cc4Cl)n3)cc21. The first kappa shape index (κ1) is 15.4. The number of hydrogen-bond donors (Lipinski definition) is 2. The first-order valence-electron chi connectivity index (χ1n) is 7.41. The lowest BCUT2D eigenvalue weighted by Gasteiger charge is -2.10. The van der Waals surface area contributed by atoms with Crippen molar-refractivity contribution in [1.82, 2.24) is 20.3 Å². The van der Waals surface area contributed by atoms with Crippen molar-refractivity contribution in [1.29, 1.82) is 0 Å². The molecule has 120 valence electrons. The summed E-state index contributed by atoms with van der Waals surface area (Å²) in [6.07, 6.45) is 2.48. The van der Waals surface area contributed by atoms with Gasteiger partial charge in [0.05, 0.1) is 22.0 Å². The van der Waals surface area contributed by atoms with E-state index in [9.17, 15) is 4.79 Å². The molecule has 3 heterocycles. The lowest BCUT2D eigenvalue weighted by atomic mass is 10.1. The number of aromatic nitrogens is 3. The molecule has 2 aromatic heterocycles. The van der Waals surface area contributed by atoms with Gasteiger partial charge in [-0.2, -0.15) is 0 Å². The summed E-state index contributed by atoms with van der Waals surface area (Å²) in [5.74, 6) is 0.492. The third-order valence-corrected chi connectivity index (χ3v) is 4.71. The van der Waals surface area contributed by atoms with E-state index in [1.54, 1.807) is 6.20 Å². The van der Waals surface area contributed by atoms with Crippen molar-refractivity contribution in [2.75, 3.05) is 6.54 Å². The number of nitrogens with one attached hydrogen (secondary N) is 2. The van der Waals surface area contributed by atoms with Crippen molar-refractivity contribution in [2.45, 2.75) is 6.42 Å². The number of rotatable bonds is 2. The monoisotopic (exact) mass is 402 g/mol. The zero-order chi connectivity index (χ0) is 16.7. The predicted octanol–water partition coefficient (Wildman–Crippen LogP) is 3.84. The fraction of sp³-hybridized carbons (Fsp3) is 0.118. The summed E-state index contributed by atoms with van der Waals surface area (Å²) in [4.78, 5) is 24.1. The largest absolute Gasteiger partial charge is 0.356 e. The maximum atomic E-state index is 11.9. The van der Waals surface area contributed by atoms with Crippen molar-refractivity contribution in [3.63, 3.8) is 0 Å². The molecule has 0 saturated carbocycles. The Hall–Kier alpha value is -2.18. The summed E-state index contributed by atoms with van der Waals surface area (Å²) >= 11 is 9.68. The molecule has 4 rings (SSSR count). The third kappa shape index (κ3) is 2.72. The number of amides is 1. The van der Waals surface area contributed by atoms with Gasteiger partial charge in [0.2, 0.25) is 0 Å². The minimum Gasteiger partial charge on any atom is -0.356 e. The van der Waals surface area contributed by atoms with Gasteiger partial charge in [-0.05, 0) is 30.3 Å². The molecule has 7 heteroatoms. The summed E-state index contributed by atoms with van der Waals surface area (Å²) in [6.45, 7) is 0.648. The van der Waals surface area contributed by atoms with E-state index in [4.69, 9.17) is 11.6 Å². The Morgan fingerprint density at radius 3 is 2.83 bits per heavy atom. The number of fused-ring (bicyclic) bond motifs is 1. The molecule has 0 atom stereocenters. The molecule has 0 radical (unpaired) electrons. The van der Waals surface area contributed by atoms with E-state index >= 15 is 0 Å². The van der Waals surface area contributed by atoms with Crippen LogP contribution in [0.2, 0.25) is 5.02 Å². The Kier molecular flexibility index (Phi) is 3.86. The predicted molar refractivity (Wildman–Crippen MR) is 96.0 cm³/mol. The van der Waals surface area contributed by atoms with Crippen LogP contribution in [0.15, 0.2) is 41.0 Å². The molecule has 0 fully saturated rings. The first-order chi connectivity index (χ1) is 11.6. The summed E-state index contributed by atoms with van der Waals surface area (Å²) in [5, 5.41) is 3.42. The molecular weight excluding hydrogens is 392 g/mol. The van der Waals surface area contributed by atoms with Crippen molar-refractivity contribution >= 4 is 33.4 Å². The second-order valence-electron chi connectivity index (χ2n) is 5.47. The minimum atomic E-state index is -0.0519. The second kappa shape index (κ2) is 6.03. The molecule has 3 aromatic rings. The molecule has 0 unspecified atom stereocenters. The zero-order valence-corrected chi connectivity index (χ0v) is 14.8. The Morgan fingerprint density at radius 1 is 1.17 bits per heavy atom. The Bertz CT molecular complexity index is 954. The number of aromatic amines is 1. The smallest absolute Gasteiger partial charge is 0.253 e. The molecule has 0 spiro atoms. The molecule has 0 bridgehead atoms. The lowest BCUT2D eigenvalue weighted by Crippen LogP contribution is -2.31. The Balaban J connectivity index is 1.77. The van der Waals surface area contributed by atoms with E-state index in [0.29, 0.717) is 23.0 Å². The van der Waals surface area contributed by atoms with Crippen LogP contribution in [0.3, 0.4) is 0 Å². The number of hydrogen-bond acceptors (Lipinski definition) is 3. The topological polar surface area (TPSA) is 70.7 Å². The van der Waals surface area contributed by atoms with Crippen LogP contribution in [-0.4, -0.2) is 27.4 Å². The molecule has 2 N–H and O–H groups in total. The molecule has 1 aromatic carbocycles. The van der Waals surface area contributed by atoms with Crippen molar-refractivity contribution < 1.29 is 4.79 Å². The third-order valence-electron chi connectivity index (χ3n) is 3.91. The lowest BCUT2D eigenvalue weighted by molar-refractivity contribution is 0.0946. The second-order valence-corrected chi connectivity index (χ2v) is 6.79. The van der Waals surface area contributed by atoms with Gasteiger partial charge in [0.1, 0.15) is 0 Å². The van der Waals surface area contributed by atoms with Crippen LogP contribution in [0.5, 0.6) is 0 Å². The highest BCUT2D eigenvalue weighted by Crippen LogP contribution is 2.30. The van der Waals surface area contributed by atoms with Gasteiger partial charge in [-0.3, -0.25) is 4.79 Å². The van der Waals surface area contributed by atoms with E-state index in [0.717, 1.165) is 33.5 Å². The quantitative estimate of drug-likeness (QED) is 0.683. The van der Waals surface area contributed by atoms with Crippen LogP contribution in [0, 0.1) is 0 Å². The van der Waals surface area contributed by atoms with Crippen LogP contribution in [0.25, 0.3) is 22.8 Å². The number of nitrogens with zero attached hydrogens (tertiary/aromatic N) is 2. The number of carbonyl (C=O) groups excluding carboxylic acids is 1. The molecule has 0 aliphatic carbocycles. The van der Waals surface area contributed by atoms with Crippen molar-refractivity contribution in [2.24, 2.45) is 0 Å². The molecule has 1 aliphatic heterocycles. The fourth-order valence-electron chi connectivity index (χ4n) is 2.74. The fourth-order valence-corrected chi connectivity index (χ4v) is 3.50. The van der Waals surface area contributed by atoms with Gasteiger partial charge in [-0.25, -0.2) is 9.97 Å². The minimum absolute atomic E-state index is 0.0519. The van der Waals surface area contributed by atoms with Gasteiger partial charge in [-0.1, -0.05) is 27.5 Å². The van der Waals surface area contributed by atoms with Gasteiger partial charge < -0.3 is 10.3 Å². The zero-order valence-electron chi connectivity index (χ0n) is 12.4. The van der Waals surface area contributed by atoms with E-state index < -0.39 is 0 Å². The number of benzene rings is 1. The molecule has 5 nitrogen and oxygen atoms in total. The molecule has 1 amide bonds. The Morgan fingerprint density at radius 2 is 2.04 bits per heavy atom. The van der Waals surface area contributed by atoms with Gasteiger partial charge in [-0.15, -0.1) is 0 Å². The van der Waals surface area contributed by atoms with Gasteiger partial charge in [0.15, 0.2) is 5.82 Å². The highest BCUT2D eigenvalue weighted by atomic mass is 79.9. The Labute approximate surface area is 151 Å². The van der Waals surface area contributed by atoms with E-state index in [2.05, 4.69) is 36.2 Å². The molecular formula is C17H12BrClN4O. The molecule has 0 saturated heterocycles. The number of carbonyl (C=O) groups is 1. The standard InChI is InChI=1S/C17H12BrClN4O/c18-9-1-2-10(12(19)7-9)16-20-5-4-14(23-16)15-8-11-13(22-15)3-6-21-17(11)24/h1-2,4-5,7-8,22H,3,6H2,(H,21,24). The average molecular weight is 404 g/mol. The number of H-pyrrole nitrogens is 1. The van der Waals surface area contributed by atoms with Gasteiger partial charge in [0.25, 0.3) is 5.91 Å². The summed E-state index contributed by atoms with van der Waals surface area (Å²) in [5.41, 5.74) is 3.90. The average Bonchev–Trinajstić information content (AvgIpc) is 3.01. The van der Waals surface area contributed by atoms with Crippen LogP contribution >= 0.6 is 27.5 Å².